The van der Waals surface area contributed by atoms with E-state index < -0.39 is 0 Å². The minimum atomic E-state index is -0.352. The van der Waals surface area contributed by atoms with Gasteiger partial charge in [0.15, 0.2) is 0 Å². The first-order chi connectivity index (χ1) is 5.85. The van der Waals surface area contributed by atoms with Crippen LogP contribution in [0, 0.1) is 0 Å². The summed E-state index contributed by atoms with van der Waals surface area (Å²) in [4.78, 5) is 0. The van der Waals surface area contributed by atoms with Crippen LogP contribution < -0.4 is 10.9 Å². The summed E-state index contributed by atoms with van der Waals surface area (Å²) in [5, 5.41) is 14.8. The zero-order valence-electron chi connectivity index (χ0n) is 7.52. The van der Waals surface area contributed by atoms with Gasteiger partial charge in [0.05, 0.1) is 0 Å². The lowest BCUT2D eigenvalue weighted by molar-refractivity contribution is 0.650. The van der Waals surface area contributed by atoms with Gasteiger partial charge in [-0.05, 0) is 13.0 Å². The largest absolute Gasteiger partial charge is 0.295 e. The molecule has 0 bridgehead atoms. The van der Waals surface area contributed by atoms with Gasteiger partial charge in [-0.15, -0.1) is 10.2 Å². The summed E-state index contributed by atoms with van der Waals surface area (Å²) in [6.45, 7) is 1.89. The van der Waals surface area contributed by atoms with Crippen molar-refractivity contribution in [3.05, 3.63) is 12.2 Å². The molecule has 0 rings (SSSR count). The SMILES string of the molecule is CC=CC(N=NNC)N=NNC. The molecule has 0 atom stereocenters. The molecular formula is C6H14N6. The van der Waals surface area contributed by atoms with Crippen molar-refractivity contribution in [3.8, 4) is 0 Å². The van der Waals surface area contributed by atoms with Crippen LogP contribution >= 0.6 is 0 Å². The van der Waals surface area contributed by atoms with Crippen molar-refractivity contribution in [2.24, 2.45) is 20.7 Å². The van der Waals surface area contributed by atoms with Gasteiger partial charge in [-0.2, -0.15) is 0 Å². The first-order valence-electron chi connectivity index (χ1n) is 3.61. The predicted molar refractivity (Wildman–Crippen MR) is 46.4 cm³/mol. The zero-order valence-corrected chi connectivity index (χ0v) is 7.52. The molecule has 0 aromatic carbocycles. The zero-order chi connectivity index (χ0) is 9.23. The van der Waals surface area contributed by atoms with Crippen molar-refractivity contribution < 1.29 is 0 Å². The Morgan fingerprint density at radius 1 is 1.08 bits per heavy atom. The second-order valence-corrected chi connectivity index (χ2v) is 1.82. The molecule has 0 spiro atoms. The molecular weight excluding hydrogens is 156 g/mol. The van der Waals surface area contributed by atoms with Crippen molar-refractivity contribution in [3.63, 3.8) is 0 Å². The molecule has 0 saturated carbocycles. The summed E-state index contributed by atoms with van der Waals surface area (Å²) in [6, 6.07) is 0. The first kappa shape index (κ1) is 10.5. The fraction of sp³-hybridized carbons (Fsp3) is 0.667. The van der Waals surface area contributed by atoms with Crippen LogP contribution in [0.4, 0.5) is 0 Å². The molecule has 0 aliphatic carbocycles. The van der Waals surface area contributed by atoms with E-state index in [2.05, 4.69) is 31.5 Å². The minimum Gasteiger partial charge on any atom is -0.295 e. The summed E-state index contributed by atoms with van der Waals surface area (Å²) in [5.74, 6) is 0. The van der Waals surface area contributed by atoms with Gasteiger partial charge in [-0.1, -0.05) is 16.5 Å². The highest BCUT2D eigenvalue weighted by Gasteiger charge is 1.96. The van der Waals surface area contributed by atoms with Crippen LogP contribution in [-0.4, -0.2) is 20.3 Å². The summed E-state index contributed by atoms with van der Waals surface area (Å²) < 4.78 is 0. The molecule has 0 saturated heterocycles. The minimum absolute atomic E-state index is 0.352. The fourth-order valence-corrected chi connectivity index (χ4v) is 0.506. The van der Waals surface area contributed by atoms with E-state index >= 15 is 0 Å². The van der Waals surface area contributed by atoms with Gasteiger partial charge in [0.25, 0.3) is 0 Å². The van der Waals surface area contributed by atoms with Gasteiger partial charge >= 0.3 is 0 Å². The number of hydrogen-bond donors (Lipinski definition) is 2. The van der Waals surface area contributed by atoms with E-state index in [0.717, 1.165) is 0 Å². The summed E-state index contributed by atoms with van der Waals surface area (Å²) >= 11 is 0. The monoisotopic (exact) mass is 170 g/mol. The van der Waals surface area contributed by atoms with Crippen molar-refractivity contribution in [1.29, 1.82) is 0 Å². The van der Waals surface area contributed by atoms with E-state index in [0.29, 0.717) is 0 Å². The quantitative estimate of drug-likeness (QED) is 0.368. The Balaban J connectivity index is 4.03. The van der Waals surface area contributed by atoms with Gasteiger partial charge in [-0.25, -0.2) is 0 Å². The maximum atomic E-state index is 3.80. The molecule has 0 amide bonds. The molecule has 0 heterocycles. The van der Waals surface area contributed by atoms with E-state index in [4.69, 9.17) is 0 Å². The molecule has 0 radical (unpaired) electrons. The Hall–Kier alpha value is -1.46. The van der Waals surface area contributed by atoms with Crippen molar-refractivity contribution in [2.45, 2.75) is 13.1 Å². The van der Waals surface area contributed by atoms with Crippen molar-refractivity contribution in [1.82, 2.24) is 10.9 Å². The van der Waals surface area contributed by atoms with E-state index in [1.165, 1.54) is 0 Å². The smallest absolute Gasteiger partial charge is 0.203 e. The van der Waals surface area contributed by atoms with Gasteiger partial charge < -0.3 is 0 Å². The number of nitrogens with one attached hydrogen (secondary N) is 2. The summed E-state index contributed by atoms with van der Waals surface area (Å²) in [7, 11) is 3.34. The Bertz CT molecular complexity index is 159. The van der Waals surface area contributed by atoms with Crippen LogP contribution in [0.1, 0.15) is 6.92 Å². The van der Waals surface area contributed by atoms with Gasteiger partial charge in [0, 0.05) is 14.1 Å². The lowest BCUT2D eigenvalue weighted by atomic mass is 10.4. The van der Waals surface area contributed by atoms with E-state index in [9.17, 15) is 0 Å². The van der Waals surface area contributed by atoms with Crippen LogP contribution in [0.25, 0.3) is 0 Å². The second-order valence-electron chi connectivity index (χ2n) is 1.82. The number of nitrogens with zero attached hydrogens (tertiary/aromatic N) is 4. The Labute approximate surface area is 71.8 Å². The maximum Gasteiger partial charge on any atom is 0.203 e. The third-order valence-corrected chi connectivity index (χ3v) is 0.917. The van der Waals surface area contributed by atoms with Gasteiger partial charge in [0.2, 0.25) is 6.17 Å². The number of rotatable bonds is 5. The van der Waals surface area contributed by atoms with Crippen LogP contribution in [0.15, 0.2) is 32.8 Å². The van der Waals surface area contributed by atoms with Crippen molar-refractivity contribution >= 4 is 0 Å². The van der Waals surface area contributed by atoms with Crippen LogP contribution in [-0.2, 0) is 0 Å². The number of allylic oxidation sites excluding steroid dienone is 1. The molecule has 0 aliphatic rings. The molecule has 6 nitrogen and oxygen atoms in total. The topological polar surface area (TPSA) is 73.5 Å². The molecule has 6 heteroatoms. The highest BCUT2D eigenvalue weighted by Crippen LogP contribution is 1.96. The Morgan fingerprint density at radius 3 is 1.92 bits per heavy atom. The van der Waals surface area contributed by atoms with Crippen LogP contribution in [0.3, 0.4) is 0 Å². The first-order valence-corrected chi connectivity index (χ1v) is 3.61. The van der Waals surface area contributed by atoms with Gasteiger partial charge in [0.1, 0.15) is 0 Å². The third kappa shape index (κ3) is 5.33. The summed E-state index contributed by atoms with van der Waals surface area (Å²) in [5.41, 5.74) is 5.07. The van der Waals surface area contributed by atoms with E-state index in [1.807, 2.05) is 13.0 Å². The molecule has 0 aliphatic heterocycles. The normalized spacial score (nSPS) is 14.6. The molecule has 0 aromatic rings. The summed E-state index contributed by atoms with van der Waals surface area (Å²) in [6.07, 6.45) is 3.27. The fourth-order valence-electron chi connectivity index (χ4n) is 0.506. The third-order valence-electron chi connectivity index (χ3n) is 0.917. The van der Waals surface area contributed by atoms with E-state index in [-0.39, 0.29) is 6.17 Å². The molecule has 0 fully saturated rings. The molecule has 0 unspecified atom stereocenters. The van der Waals surface area contributed by atoms with Crippen LogP contribution in [0.2, 0.25) is 0 Å². The predicted octanol–water partition coefficient (Wildman–Crippen LogP) is 1.06. The van der Waals surface area contributed by atoms with Gasteiger partial charge in [-0.3, -0.25) is 10.9 Å². The molecule has 2 N–H and O–H groups in total. The number of hydrogen-bond acceptors (Lipinski definition) is 4. The molecule has 68 valence electrons. The lowest BCUT2D eigenvalue weighted by Crippen LogP contribution is -2.00. The standard InChI is InChI=1S/C6H14N6/c1-4-5-6(9-11-7-2)10-12-8-3/h4-6H,1-3H3,(H,7,9)(H,8,10). The van der Waals surface area contributed by atoms with Crippen molar-refractivity contribution in [2.75, 3.05) is 14.1 Å². The lowest BCUT2D eigenvalue weighted by Gasteiger charge is -1.95. The second kappa shape index (κ2) is 7.64. The Kier molecular flexibility index (Phi) is 6.71. The van der Waals surface area contributed by atoms with E-state index in [1.54, 1.807) is 20.2 Å². The maximum absolute atomic E-state index is 3.80. The highest BCUT2D eigenvalue weighted by atomic mass is 15.5. The average Bonchev–Trinajstić information content (AvgIpc) is 2.10. The van der Waals surface area contributed by atoms with Crippen LogP contribution in [0.5, 0.6) is 0 Å². The highest BCUT2D eigenvalue weighted by molar-refractivity contribution is 4.87. The average molecular weight is 170 g/mol. The Morgan fingerprint density at radius 2 is 1.58 bits per heavy atom. The molecule has 0 aromatic heterocycles. The molecule has 12 heavy (non-hydrogen) atoms.